The Morgan fingerprint density at radius 1 is 0.594 bits per heavy atom. The van der Waals surface area contributed by atoms with E-state index in [2.05, 4.69) is 0 Å². The second kappa shape index (κ2) is 10.2. The summed E-state index contributed by atoms with van der Waals surface area (Å²) >= 11 is 0. The fourth-order valence-electron chi connectivity index (χ4n) is 3.85. The van der Waals surface area contributed by atoms with Gasteiger partial charge >= 0.3 is 11.9 Å². The van der Waals surface area contributed by atoms with Crippen LogP contribution in [0.15, 0.2) is 72.8 Å². The molecule has 0 aromatic heterocycles. The monoisotopic (exact) mass is 430 g/mol. The van der Waals surface area contributed by atoms with E-state index in [1.165, 1.54) is 0 Å². The maximum Gasteiger partial charge on any atom is 0.338 e. The van der Waals surface area contributed by atoms with E-state index >= 15 is 0 Å². The highest BCUT2D eigenvalue weighted by Gasteiger charge is 2.18. The molecule has 5 nitrogen and oxygen atoms in total. The molecule has 0 saturated carbocycles. The third kappa shape index (κ3) is 5.41. The first-order chi connectivity index (χ1) is 15.6. The molecule has 0 heterocycles. The fourth-order valence-corrected chi connectivity index (χ4v) is 3.85. The number of ether oxygens (including phenoxy) is 2. The summed E-state index contributed by atoms with van der Waals surface area (Å²) in [4.78, 5) is 37.4. The van der Waals surface area contributed by atoms with Crippen molar-refractivity contribution in [2.24, 2.45) is 0 Å². The lowest BCUT2D eigenvalue weighted by Crippen LogP contribution is -2.18. The molecule has 2 aromatic rings. The van der Waals surface area contributed by atoms with Crippen molar-refractivity contribution < 1.29 is 23.9 Å². The first-order valence-corrected chi connectivity index (χ1v) is 11.1. The average Bonchev–Trinajstić information content (AvgIpc) is 2.85. The van der Waals surface area contributed by atoms with Crippen LogP contribution in [0.4, 0.5) is 0 Å². The normalized spacial score (nSPS) is 19.9. The van der Waals surface area contributed by atoms with Crippen LogP contribution in [0.25, 0.3) is 0 Å². The van der Waals surface area contributed by atoms with Crippen molar-refractivity contribution >= 4 is 17.7 Å². The van der Waals surface area contributed by atoms with Gasteiger partial charge in [0.2, 0.25) is 0 Å². The summed E-state index contributed by atoms with van der Waals surface area (Å²) in [6, 6.07) is 12.9. The van der Waals surface area contributed by atoms with Crippen LogP contribution in [0.3, 0.4) is 0 Å². The lowest BCUT2D eigenvalue weighted by atomic mass is 10.0. The van der Waals surface area contributed by atoms with E-state index in [9.17, 15) is 14.4 Å². The van der Waals surface area contributed by atoms with Gasteiger partial charge in [-0.2, -0.15) is 0 Å². The van der Waals surface area contributed by atoms with Gasteiger partial charge in [0.05, 0.1) is 11.1 Å². The van der Waals surface area contributed by atoms with Crippen LogP contribution in [0.2, 0.25) is 0 Å². The summed E-state index contributed by atoms with van der Waals surface area (Å²) in [5.41, 5.74) is 1.74. The van der Waals surface area contributed by atoms with Crippen LogP contribution < -0.4 is 0 Å². The number of carbonyl (C=O) groups excluding carboxylic acids is 3. The maximum atomic E-state index is 12.8. The molecule has 0 bridgehead atoms. The Bertz CT molecular complexity index is 947. The zero-order valence-corrected chi connectivity index (χ0v) is 17.9. The van der Waals surface area contributed by atoms with Crippen molar-refractivity contribution in [2.75, 3.05) is 0 Å². The standard InChI is InChI=1S/C27H26O5/c28-25(19-11-15-21(16-12-19)26(29)31-23-7-3-1-4-8-23)20-13-17-22(18-14-20)27(30)32-24-9-5-2-6-10-24/h3,5,7,9,11-18,23-24H,1-2,4,6,8,10H2. The van der Waals surface area contributed by atoms with Crippen LogP contribution in [0, 0.1) is 0 Å². The second-order valence-electron chi connectivity index (χ2n) is 8.09. The van der Waals surface area contributed by atoms with Crippen LogP contribution in [0.5, 0.6) is 0 Å². The Morgan fingerprint density at radius 2 is 0.969 bits per heavy atom. The van der Waals surface area contributed by atoms with E-state index in [-0.39, 0.29) is 18.0 Å². The molecular formula is C27H26O5. The smallest absolute Gasteiger partial charge is 0.338 e. The summed E-state index contributed by atoms with van der Waals surface area (Å²) in [6.45, 7) is 0. The van der Waals surface area contributed by atoms with Crippen molar-refractivity contribution in [3.8, 4) is 0 Å². The van der Waals surface area contributed by atoms with E-state index < -0.39 is 11.9 Å². The molecule has 0 fully saturated rings. The summed E-state index contributed by atoms with van der Waals surface area (Å²) in [7, 11) is 0. The molecule has 2 aliphatic carbocycles. The van der Waals surface area contributed by atoms with Crippen molar-refractivity contribution in [1.82, 2.24) is 0 Å². The van der Waals surface area contributed by atoms with E-state index in [0.717, 1.165) is 38.5 Å². The Balaban J connectivity index is 1.37. The molecule has 4 rings (SSSR count). The molecule has 5 heteroatoms. The van der Waals surface area contributed by atoms with Gasteiger partial charge in [0, 0.05) is 11.1 Å². The van der Waals surface area contributed by atoms with Gasteiger partial charge in [-0.3, -0.25) is 4.79 Å². The number of hydrogen-bond donors (Lipinski definition) is 0. The van der Waals surface area contributed by atoms with E-state index in [0.29, 0.717) is 22.3 Å². The molecular weight excluding hydrogens is 404 g/mol. The Morgan fingerprint density at radius 3 is 1.31 bits per heavy atom. The predicted molar refractivity (Wildman–Crippen MR) is 121 cm³/mol. The zero-order chi connectivity index (χ0) is 22.3. The number of benzene rings is 2. The predicted octanol–water partition coefficient (Wildman–Crippen LogP) is 5.45. The van der Waals surface area contributed by atoms with Crippen molar-refractivity contribution in [2.45, 2.75) is 50.7 Å². The number of hydrogen-bond acceptors (Lipinski definition) is 5. The summed E-state index contributed by atoms with van der Waals surface area (Å²) in [5.74, 6) is -0.970. The lowest BCUT2D eigenvalue weighted by molar-refractivity contribution is 0.0360. The maximum absolute atomic E-state index is 12.8. The lowest BCUT2D eigenvalue weighted by Gasteiger charge is -2.17. The van der Waals surface area contributed by atoms with Gasteiger partial charge in [-0.05, 0) is 74.9 Å². The molecule has 2 aromatic carbocycles. The summed E-state index contributed by atoms with van der Waals surface area (Å²) in [5, 5.41) is 0. The second-order valence-corrected chi connectivity index (χ2v) is 8.09. The van der Waals surface area contributed by atoms with Crippen LogP contribution >= 0.6 is 0 Å². The highest BCUT2D eigenvalue weighted by molar-refractivity contribution is 6.09. The third-order valence-electron chi connectivity index (χ3n) is 5.70. The highest BCUT2D eigenvalue weighted by Crippen LogP contribution is 2.19. The van der Waals surface area contributed by atoms with Crippen molar-refractivity contribution in [3.63, 3.8) is 0 Å². The molecule has 32 heavy (non-hydrogen) atoms. The molecule has 0 radical (unpaired) electrons. The number of allylic oxidation sites excluding steroid dienone is 2. The molecule has 2 atom stereocenters. The first-order valence-electron chi connectivity index (χ1n) is 11.1. The van der Waals surface area contributed by atoms with Gasteiger partial charge in [0.15, 0.2) is 5.78 Å². The molecule has 0 aliphatic heterocycles. The third-order valence-corrected chi connectivity index (χ3v) is 5.70. The quantitative estimate of drug-likeness (QED) is 0.346. The zero-order valence-electron chi connectivity index (χ0n) is 17.9. The minimum atomic E-state index is -0.392. The number of ketones is 1. The van der Waals surface area contributed by atoms with E-state index in [1.807, 2.05) is 24.3 Å². The number of rotatable bonds is 6. The van der Waals surface area contributed by atoms with Gasteiger partial charge in [-0.15, -0.1) is 0 Å². The van der Waals surface area contributed by atoms with Gasteiger partial charge in [0.1, 0.15) is 12.2 Å². The Hall–Kier alpha value is -3.47. The minimum Gasteiger partial charge on any atom is -0.455 e. The topological polar surface area (TPSA) is 69.7 Å². The molecule has 0 N–H and O–H groups in total. The fraction of sp³-hybridized carbons (Fsp3) is 0.296. The molecule has 0 amide bonds. The highest BCUT2D eigenvalue weighted by atomic mass is 16.5. The van der Waals surface area contributed by atoms with Gasteiger partial charge in [-0.25, -0.2) is 9.59 Å². The number of carbonyl (C=O) groups is 3. The van der Waals surface area contributed by atoms with Crippen molar-refractivity contribution in [3.05, 3.63) is 95.1 Å². The average molecular weight is 431 g/mol. The Kier molecular flexibility index (Phi) is 6.95. The molecule has 0 spiro atoms. The van der Waals surface area contributed by atoms with E-state index in [4.69, 9.17) is 9.47 Å². The van der Waals surface area contributed by atoms with E-state index in [1.54, 1.807) is 48.5 Å². The van der Waals surface area contributed by atoms with Crippen LogP contribution in [0.1, 0.15) is 75.2 Å². The van der Waals surface area contributed by atoms with Crippen LogP contribution in [-0.4, -0.2) is 29.9 Å². The molecule has 0 saturated heterocycles. The molecule has 2 aliphatic rings. The number of esters is 2. The summed E-state index contributed by atoms with van der Waals surface area (Å²) in [6.07, 6.45) is 13.3. The minimum absolute atomic E-state index is 0.183. The molecule has 164 valence electrons. The van der Waals surface area contributed by atoms with Crippen LogP contribution in [-0.2, 0) is 9.47 Å². The van der Waals surface area contributed by atoms with Gasteiger partial charge in [0.25, 0.3) is 0 Å². The van der Waals surface area contributed by atoms with Gasteiger partial charge in [-0.1, -0.05) is 36.4 Å². The van der Waals surface area contributed by atoms with Crippen molar-refractivity contribution in [1.29, 1.82) is 0 Å². The largest absolute Gasteiger partial charge is 0.455 e. The SMILES string of the molecule is O=C(OC1C=CCCC1)c1ccc(C(=O)c2ccc(C(=O)OC3C=CCCC3)cc2)cc1. The molecule has 2 unspecified atom stereocenters. The van der Waals surface area contributed by atoms with Gasteiger partial charge < -0.3 is 9.47 Å². The Labute approximate surface area is 187 Å². The summed E-state index contributed by atoms with van der Waals surface area (Å²) < 4.78 is 11.0. The first kappa shape index (κ1) is 21.8.